The molecule has 0 spiro atoms. The van der Waals surface area contributed by atoms with E-state index >= 15 is 0 Å². The molecule has 1 heterocycles. The first-order valence-corrected chi connectivity index (χ1v) is 7.88. The highest BCUT2D eigenvalue weighted by Crippen LogP contribution is 2.24. The summed E-state index contributed by atoms with van der Waals surface area (Å²) in [5, 5.41) is 9.97. The van der Waals surface area contributed by atoms with Gasteiger partial charge in [0.05, 0.1) is 4.90 Å². The zero-order valence-electron chi connectivity index (χ0n) is 11.6. The Bertz CT molecular complexity index is 753. The van der Waals surface area contributed by atoms with E-state index in [1.165, 1.54) is 11.4 Å². The highest BCUT2D eigenvalue weighted by atomic mass is 32.2. The van der Waals surface area contributed by atoms with Crippen LogP contribution in [0.5, 0.6) is 0 Å². The van der Waals surface area contributed by atoms with Crippen LogP contribution < -0.4 is 0 Å². The van der Waals surface area contributed by atoms with E-state index in [-0.39, 0.29) is 24.3 Å². The molecule has 0 aliphatic carbocycles. The van der Waals surface area contributed by atoms with Crippen molar-refractivity contribution in [3.05, 3.63) is 36.7 Å². The SMILES string of the molecule is CN(CCCC(=O)O)S(=O)(=O)c1cccc2cnccc12. The summed E-state index contributed by atoms with van der Waals surface area (Å²) in [5.41, 5.74) is 0. The zero-order valence-corrected chi connectivity index (χ0v) is 12.4. The number of hydrogen-bond donors (Lipinski definition) is 1. The van der Waals surface area contributed by atoms with E-state index in [0.717, 1.165) is 5.39 Å². The third-order valence-electron chi connectivity index (χ3n) is 3.19. The quantitative estimate of drug-likeness (QED) is 0.878. The maximum atomic E-state index is 12.6. The van der Waals surface area contributed by atoms with E-state index in [0.29, 0.717) is 5.39 Å². The number of aromatic nitrogens is 1. The third-order valence-corrected chi connectivity index (χ3v) is 5.11. The van der Waals surface area contributed by atoms with E-state index in [2.05, 4.69) is 4.98 Å². The van der Waals surface area contributed by atoms with Crippen molar-refractivity contribution in [2.24, 2.45) is 0 Å². The van der Waals surface area contributed by atoms with Gasteiger partial charge in [0.2, 0.25) is 10.0 Å². The van der Waals surface area contributed by atoms with Gasteiger partial charge in [-0.25, -0.2) is 12.7 Å². The van der Waals surface area contributed by atoms with Crippen molar-refractivity contribution in [1.82, 2.24) is 9.29 Å². The maximum Gasteiger partial charge on any atom is 0.303 e. The van der Waals surface area contributed by atoms with Gasteiger partial charge in [0, 0.05) is 43.2 Å². The summed E-state index contributed by atoms with van der Waals surface area (Å²) in [4.78, 5) is 14.7. The molecule has 0 bridgehead atoms. The van der Waals surface area contributed by atoms with Crippen LogP contribution in [0, 0.1) is 0 Å². The van der Waals surface area contributed by atoms with Gasteiger partial charge < -0.3 is 5.11 Å². The molecule has 0 amide bonds. The second kappa shape index (κ2) is 6.19. The van der Waals surface area contributed by atoms with Gasteiger partial charge in [-0.1, -0.05) is 12.1 Å². The molecule has 0 atom stereocenters. The van der Waals surface area contributed by atoms with E-state index in [1.807, 2.05) is 0 Å². The highest BCUT2D eigenvalue weighted by molar-refractivity contribution is 7.89. The minimum absolute atomic E-state index is 0.0562. The standard InChI is InChI=1S/C14H16N2O4S/c1-16(9-3-6-14(17)18)21(19,20)13-5-2-4-11-10-15-8-7-12(11)13/h2,4-5,7-8,10H,3,6,9H2,1H3,(H,17,18). The van der Waals surface area contributed by atoms with E-state index < -0.39 is 16.0 Å². The van der Waals surface area contributed by atoms with Crippen LogP contribution in [0.2, 0.25) is 0 Å². The molecular formula is C14H16N2O4S. The fourth-order valence-electron chi connectivity index (χ4n) is 2.06. The van der Waals surface area contributed by atoms with Crippen LogP contribution in [-0.4, -0.2) is 42.4 Å². The van der Waals surface area contributed by atoms with E-state index in [9.17, 15) is 13.2 Å². The number of sulfonamides is 1. The first-order chi connectivity index (χ1) is 9.93. The number of carbonyl (C=O) groups is 1. The summed E-state index contributed by atoms with van der Waals surface area (Å²) in [6.07, 6.45) is 3.38. The molecule has 0 aliphatic rings. The molecule has 0 aliphatic heterocycles. The van der Waals surface area contributed by atoms with Crippen molar-refractivity contribution in [2.45, 2.75) is 17.7 Å². The van der Waals surface area contributed by atoms with Crippen LogP contribution in [0.1, 0.15) is 12.8 Å². The summed E-state index contributed by atoms with van der Waals surface area (Å²) < 4.78 is 26.3. The molecule has 0 unspecified atom stereocenters. The molecule has 0 saturated heterocycles. The highest BCUT2D eigenvalue weighted by Gasteiger charge is 2.22. The van der Waals surface area contributed by atoms with Gasteiger partial charge in [0.15, 0.2) is 0 Å². The molecule has 2 rings (SSSR count). The largest absolute Gasteiger partial charge is 0.481 e. The Balaban J connectivity index is 2.31. The number of nitrogens with zero attached hydrogens (tertiary/aromatic N) is 2. The lowest BCUT2D eigenvalue weighted by molar-refractivity contribution is -0.137. The fraction of sp³-hybridized carbons (Fsp3) is 0.286. The van der Waals surface area contributed by atoms with Gasteiger partial charge in [-0.15, -0.1) is 0 Å². The van der Waals surface area contributed by atoms with Gasteiger partial charge in [-0.2, -0.15) is 0 Å². The van der Waals surface area contributed by atoms with Crippen LogP contribution in [-0.2, 0) is 14.8 Å². The number of fused-ring (bicyclic) bond motifs is 1. The Morgan fingerprint density at radius 2 is 2.10 bits per heavy atom. The number of benzene rings is 1. The summed E-state index contributed by atoms with van der Waals surface area (Å²) >= 11 is 0. The fourth-order valence-corrected chi connectivity index (χ4v) is 3.48. The van der Waals surface area contributed by atoms with Crippen molar-refractivity contribution in [3.8, 4) is 0 Å². The molecule has 0 saturated carbocycles. The zero-order chi connectivity index (χ0) is 15.5. The van der Waals surface area contributed by atoms with Crippen LogP contribution in [0.4, 0.5) is 0 Å². The smallest absolute Gasteiger partial charge is 0.303 e. The van der Waals surface area contributed by atoms with Gasteiger partial charge in [-0.05, 0) is 18.6 Å². The average molecular weight is 308 g/mol. The summed E-state index contributed by atoms with van der Waals surface area (Å²) in [5.74, 6) is -0.933. The Hall–Kier alpha value is -1.99. The second-order valence-electron chi connectivity index (χ2n) is 4.68. The normalized spacial score (nSPS) is 11.9. The number of aliphatic carboxylic acids is 1. The monoisotopic (exact) mass is 308 g/mol. The predicted molar refractivity (Wildman–Crippen MR) is 78.4 cm³/mol. The molecule has 7 heteroatoms. The molecule has 1 aromatic heterocycles. The first-order valence-electron chi connectivity index (χ1n) is 6.44. The molecule has 1 N–H and O–H groups in total. The second-order valence-corrected chi connectivity index (χ2v) is 6.69. The number of hydrogen-bond acceptors (Lipinski definition) is 4. The molecule has 6 nitrogen and oxygen atoms in total. The van der Waals surface area contributed by atoms with Crippen molar-refractivity contribution in [2.75, 3.05) is 13.6 Å². The number of rotatable bonds is 6. The Labute approximate surface area is 123 Å². The molecular weight excluding hydrogens is 292 g/mol. The van der Waals surface area contributed by atoms with Crippen LogP contribution in [0.15, 0.2) is 41.6 Å². The van der Waals surface area contributed by atoms with Crippen molar-refractivity contribution >= 4 is 26.8 Å². The first kappa shape index (κ1) is 15.4. The number of carboxylic acids is 1. The third kappa shape index (κ3) is 3.37. The topological polar surface area (TPSA) is 87.6 Å². The van der Waals surface area contributed by atoms with Crippen molar-refractivity contribution < 1.29 is 18.3 Å². The maximum absolute atomic E-state index is 12.6. The summed E-state index contributed by atoms with van der Waals surface area (Å²) in [6.45, 7) is 0.163. The molecule has 0 radical (unpaired) electrons. The lowest BCUT2D eigenvalue weighted by Crippen LogP contribution is -2.28. The lowest BCUT2D eigenvalue weighted by atomic mass is 10.2. The molecule has 21 heavy (non-hydrogen) atoms. The Morgan fingerprint density at radius 1 is 1.33 bits per heavy atom. The Kier molecular flexibility index (Phi) is 4.54. The molecule has 0 fully saturated rings. The van der Waals surface area contributed by atoms with Gasteiger partial charge in [-0.3, -0.25) is 9.78 Å². The molecule has 2 aromatic rings. The van der Waals surface area contributed by atoms with E-state index in [4.69, 9.17) is 5.11 Å². The van der Waals surface area contributed by atoms with Crippen LogP contribution in [0.3, 0.4) is 0 Å². The summed E-state index contributed by atoms with van der Waals surface area (Å²) in [7, 11) is -2.20. The lowest BCUT2D eigenvalue weighted by Gasteiger charge is -2.18. The minimum atomic E-state index is -3.65. The van der Waals surface area contributed by atoms with Crippen molar-refractivity contribution in [1.29, 1.82) is 0 Å². The van der Waals surface area contributed by atoms with Crippen molar-refractivity contribution in [3.63, 3.8) is 0 Å². The van der Waals surface area contributed by atoms with Gasteiger partial charge in [0.25, 0.3) is 0 Å². The predicted octanol–water partition coefficient (Wildman–Crippen LogP) is 1.72. The van der Waals surface area contributed by atoms with Gasteiger partial charge >= 0.3 is 5.97 Å². The average Bonchev–Trinajstić information content (AvgIpc) is 2.46. The van der Waals surface area contributed by atoms with Crippen LogP contribution in [0.25, 0.3) is 10.8 Å². The molecule has 112 valence electrons. The number of carboxylic acid groups (broad SMARTS) is 1. The summed E-state index contributed by atoms with van der Waals surface area (Å²) in [6, 6.07) is 6.67. The van der Waals surface area contributed by atoms with E-state index in [1.54, 1.807) is 36.7 Å². The minimum Gasteiger partial charge on any atom is -0.481 e. The molecule has 1 aromatic carbocycles. The van der Waals surface area contributed by atoms with Gasteiger partial charge in [0.1, 0.15) is 0 Å². The Morgan fingerprint density at radius 3 is 2.81 bits per heavy atom. The van der Waals surface area contributed by atoms with Crippen LogP contribution >= 0.6 is 0 Å². The number of pyridine rings is 1.